The molecule has 0 fully saturated rings. The van der Waals surface area contributed by atoms with E-state index in [2.05, 4.69) is 54.4 Å². The second-order valence-corrected chi connectivity index (χ2v) is 3.96. The molecule has 0 saturated carbocycles. The van der Waals surface area contributed by atoms with Gasteiger partial charge in [0, 0.05) is 0 Å². The van der Waals surface area contributed by atoms with Crippen molar-refractivity contribution in [2.75, 3.05) is 24.7 Å². The van der Waals surface area contributed by atoms with E-state index in [0.29, 0.717) is 0 Å². The molecule has 0 heterocycles. The van der Waals surface area contributed by atoms with Crippen LogP contribution in [0.15, 0.2) is 0 Å². The zero-order valence-corrected chi connectivity index (χ0v) is 13.0. The van der Waals surface area contributed by atoms with Crippen LogP contribution in [0.25, 0.3) is 0 Å². The molecule has 0 aromatic carbocycles. The van der Waals surface area contributed by atoms with E-state index in [9.17, 15) is 9.59 Å². The summed E-state index contributed by atoms with van der Waals surface area (Å²) < 4.78 is 4.57. The first-order valence-corrected chi connectivity index (χ1v) is 6.42. The van der Waals surface area contributed by atoms with E-state index in [4.69, 9.17) is 20.4 Å². The minimum absolute atomic E-state index is 0.0595. The Morgan fingerprint density at radius 3 is 1.16 bits per heavy atom. The molecule has 0 rings (SSSR count). The Labute approximate surface area is 131 Å². The van der Waals surface area contributed by atoms with Crippen molar-refractivity contribution in [1.82, 2.24) is 0 Å². The molecule has 0 radical (unpaired) electrons. The normalized spacial score (nSPS) is 8.11. The van der Waals surface area contributed by atoms with Gasteiger partial charge in [0.2, 0.25) is 0 Å². The molecule has 0 bridgehead atoms. The van der Waals surface area contributed by atoms with Crippen molar-refractivity contribution < 1.29 is 34.8 Å². The molecule has 0 atom stereocenters. The smallest absolute Gasteiger partial charge is 0.313 e. The van der Waals surface area contributed by atoms with E-state index in [1.165, 1.54) is 0 Å². The van der Waals surface area contributed by atoms with E-state index < -0.39 is 11.9 Å². The van der Waals surface area contributed by atoms with Crippen LogP contribution in [0.4, 0.5) is 0 Å². The summed E-state index contributed by atoms with van der Waals surface area (Å²) in [6.45, 7) is -0.119. The van der Waals surface area contributed by atoms with Gasteiger partial charge in [-0.2, -0.15) is 25.3 Å². The maximum absolute atomic E-state index is 9.29. The average Bonchev–Trinajstić information content (AvgIpc) is 2.29. The number of hydrogen-bond donors (Lipinski definition) is 6. The first kappa shape index (κ1) is 23.5. The Balaban J connectivity index is -0.000000219. The van der Waals surface area contributed by atoms with Gasteiger partial charge in [0.1, 0.15) is 13.2 Å². The maximum atomic E-state index is 9.29. The molecule has 19 heavy (non-hydrogen) atoms. The van der Waals surface area contributed by atoms with Crippen molar-refractivity contribution in [3.63, 3.8) is 0 Å². The predicted molar refractivity (Wildman–Crippen MR) is 84.3 cm³/mol. The number of rotatable bonds is 6. The Kier molecular flexibility index (Phi) is 21.5. The summed E-state index contributed by atoms with van der Waals surface area (Å²) in [6, 6.07) is 0. The lowest BCUT2D eigenvalue weighted by molar-refractivity contribution is -0.134. The van der Waals surface area contributed by atoms with Crippen LogP contribution in [0.5, 0.6) is 0 Å². The van der Waals surface area contributed by atoms with Gasteiger partial charge in [-0.05, 0) is 24.4 Å². The van der Waals surface area contributed by atoms with Crippen LogP contribution in [0, 0.1) is 0 Å². The molecule has 0 aliphatic heterocycles. The lowest BCUT2D eigenvalue weighted by Crippen LogP contribution is -2.10. The van der Waals surface area contributed by atoms with Crippen molar-refractivity contribution in [2.45, 2.75) is 0 Å². The first-order valence-electron chi connectivity index (χ1n) is 4.33. The Morgan fingerprint density at radius 1 is 0.842 bits per heavy atom. The van der Waals surface area contributed by atoms with E-state index in [1.54, 1.807) is 0 Å². The van der Waals surface area contributed by atoms with Gasteiger partial charge in [0.05, 0.1) is 11.5 Å². The van der Waals surface area contributed by atoms with Gasteiger partial charge in [-0.15, -0.1) is 0 Å². The van der Waals surface area contributed by atoms with Gasteiger partial charge < -0.3 is 25.2 Å². The number of ether oxygens (including phenoxy) is 1. The number of aliphatic hydroxyl groups is 2. The van der Waals surface area contributed by atoms with Crippen LogP contribution in [-0.2, 0) is 14.3 Å². The minimum Gasteiger partial charge on any atom is -0.500 e. The molecule has 0 amide bonds. The summed E-state index contributed by atoms with van der Waals surface area (Å²) in [5.41, 5.74) is 0. The summed E-state index contributed by atoms with van der Waals surface area (Å²) in [5.74, 6) is -1.93. The highest BCUT2D eigenvalue weighted by Crippen LogP contribution is 1.78. The van der Waals surface area contributed by atoms with Crippen molar-refractivity contribution in [3.05, 3.63) is 0 Å². The molecule has 4 N–H and O–H groups in total. The number of thiol groups is 2. The minimum atomic E-state index is -0.881. The third-order valence-corrected chi connectivity index (χ3v) is 1.50. The predicted octanol–water partition coefficient (Wildman–Crippen LogP) is 0.775. The van der Waals surface area contributed by atoms with Crippen molar-refractivity contribution in [1.29, 1.82) is 0 Å². The van der Waals surface area contributed by atoms with Crippen molar-refractivity contribution in [3.8, 4) is 0 Å². The van der Waals surface area contributed by atoms with Gasteiger partial charge in [-0.3, -0.25) is 9.59 Å². The molecular formula is C8H14O7S4. The SMILES string of the molecule is O=C(O)CS.O=C(O)CS.OC(=S)COCC(O)=S. The second kappa shape index (κ2) is 17.4. The zero-order chi connectivity index (χ0) is 15.8. The van der Waals surface area contributed by atoms with Gasteiger partial charge in [-0.1, -0.05) is 0 Å². The standard InChI is InChI=1S/C4H6O3S2.2C2H4O2S/c5-3(8)1-7-2-4(6)9;2*3-2(4)1-5/h1-2H2,(H,5,8)(H,6,9);2*5H,1H2,(H,3,4). The van der Waals surface area contributed by atoms with Crippen LogP contribution in [0.1, 0.15) is 0 Å². The largest absolute Gasteiger partial charge is 0.500 e. The summed E-state index contributed by atoms with van der Waals surface area (Å²) in [4.78, 5) is 18.6. The molecule has 112 valence electrons. The van der Waals surface area contributed by atoms with Crippen LogP contribution in [-0.4, -0.2) is 67.2 Å². The Morgan fingerprint density at radius 2 is 1.05 bits per heavy atom. The van der Waals surface area contributed by atoms with Gasteiger partial charge >= 0.3 is 11.9 Å². The van der Waals surface area contributed by atoms with Crippen molar-refractivity contribution >= 4 is 71.7 Å². The number of carboxylic acid groups (broad SMARTS) is 2. The number of aliphatic hydroxyl groups excluding tert-OH is 2. The molecule has 0 saturated heterocycles. The quantitative estimate of drug-likeness (QED) is 0.304. The number of hydrogen-bond acceptors (Lipinski definition) is 7. The third kappa shape index (κ3) is 46.7. The lowest BCUT2D eigenvalue weighted by Gasteiger charge is -1.96. The monoisotopic (exact) mass is 350 g/mol. The molecular weight excluding hydrogens is 336 g/mol. The Bertz CT molecular complexity index is 267. The fourth-order valence-electron chi connectivity index (χ4n) is 0.226. The summed E-state index contributed by atoms with van der Waals surface area (Å²) in [6.07, 6.45) is 0. The van der Waals surface area contributed by atoms with E-state index in [1.807, 2.05) is 0 Å². The molecule has 0 aromatic rings. The summed E-state index contributed by atoms with van der Waals surface area (Å²) in [5, 5.41) is 31.5. The topological polar surface area (TPSA) is 124 Å². The summed E-state index contributed by atoms with van der Waals surface area (Å²) in [7, 11) is 0. The molecule has 7 nitrogen and oxygen atoms in total. The van der Waals surface area contributed by atoms with E-state index >= 15 is 0 Å². The molecule has 0 unspecified atom stereocenters. The molecule has 0 spiro atoms. The van der Waals surface area contributed by atoms with E-state index in [-0.39, 0.29) is 34.8 Å². The zero-order valence-electron chi connectivity index (χ0n) is 9.55. The summed E-state index contributed by atoms with van der Waals surface area (Å²) >= 11 is 15.3. The Hall–Kier alpha value is -0.620. The number of aliphatic carboxylic acids is 2. The van der Waals surface area contributed by atoms with Crippen LogP contribution < -0.4 is 0 Å². The highest BCUT2D eigenvalue weighted by molar-refractivity contribution is 7.81. The number of carboxylic acids is 2. The molecule has 11 heteroatoms. The maximum Gasteiger partial charge on any atom is 0.313 e. The average molecular weight is 350 g/mol. The highest BCUT2D eigenvalue weighted by Gasteiger charge is 1.93. The molecule has 0 aliphatic carbocycles. The number of thiocarbonyl (C=S) groups is 2. The van der Waals surface area contributed by atoms with E-state index in [0.717, 1.165) is 0 Å². The van der Waals surface area contributed by atoms with Crippen LogP contribution in [0.2, 0.25) is 0 Å². The second-order valence-electron chi connectivity index (χ2n) is 2.38. The van der Waals surface area contributed by atoms with Crippen LogP contribution >= 0.6 is 49.7 Å². The van der Waals surface area contributed by atoms with Crippen molar-refractivity contribution in [2.24, 2.45) is 0 Å². The van der Waals surface area contributed by atoms with Crippen LogP contribution in [0.3, 0.4) is 0 Å². The van der Waals surface area contributed by atoms with Gasteiger partial charge in [-0.25, -0.2) is 0 Å². The number of carbonyl (C=O) groups is 2. The molecule has 0 aromatic heterocycles. The van der Waals surface area contributed by atoms with Gasteiger partial charge in [0.15, 0.2) is 10.1 Å². The lowest BCUT2D eigenvalue weighted by atomic mass is 10.7. The molecule has 0 aliphatic rings. The highest BCUT2D eigenvalue weighted by atomic mass is 32.1. The first-order chi connectivity index (χ1) is 8.67. The van der Waals surface area contributed by atoms with Gasteiger partial charge in [0.25, 0.3) is 0 Å². The fraction of sp³-hybridized carbons (Fsp3) is 0.500. The third-order valence-electron chi connectivity index (χ3n) is 0.722. The fourth-order valence-corrected chi connectivity index (χ4v) is 0.392.